The van der Waals surface area contributed by atoms with Crippen LogP contribution in [-0.4, -0.2) is 57.0 Å². The van der Waals surface area contributed by atoms with Crippen LogP contribution in [0.5, 0.6) is 5.75 Å². The minimum absolute atomic E-state index is 0.120. The van der Waals surface area contributed by atoms with E-state index in [0.717, 1.165) is 18.7 Å². The molecule has 1 atom stereocenters. The van der Waals surface area contributed by atoms with E-state index >= 15 is 0 Å². The number of thioether (sulfide) groups is 1. The van der Waals surface area contributed by atoms with Crippen LogP contribution in [0.25, 0.3) is 5.69 Å². The highest BCUT2D eigenvalue weighted by Gasteiger charge is 2.31. The molecule has 0 saturated carbocycles. The van der Waals surface area contributed by atoms with E-state index in [1.54, 1.807) is 16.7 Å². The largest absolute Gasteiger partial charge is 0.494 e. The van der Waals surface area contributed by atoms with Crippen LogP contribution >= 0.6 is 11.8 Å². The van der Waals surface area contributed by atoms with Crippen molar-refractivity contribution in [2.24, 2.45) is 0 Å². The minimum atomic E-state index is -0.130. The third kappa shape index (κ3) is 2.58. The topological polar surface area (TPSA) is 73.1 Å². The van der Waals surface area contributed by atoms with Crippen molar-refractivity contribution >= 4 is 17.7 Å². The Labute approximate surface area is 126 Å². The predicted molar refractivity (Wildman–Crippen MR) is 77.6 cm³/mol. The molecule has 0 aliphatic carbocycles. The van der Waals surface area contributed by atoms with Gasteiger partial charge in [-0.3, -0.25) is 4.79 Å². The molecule has 1 amide bonds. The van der Waals surface area contributed by atoms with E-state index < -0.39 is 0 Å². The molecule has 2 heterocycles. The van der Waals surface area contributed by atoms with Crippen molar-refractivity contribution in [2.45, 2.75) is 16.8 Å². The first-order valence-corrected chi connectivity index (χ1v) is 7.42. The van der Waals surface area contributed by atoms with Gasteiger partial charge in [-0.1, -0.05) is 23.9 Å². The highest BCUT2D eigenvalue weighted by molar-refractivity contribution is 8.00. The lowest BCUT2D eigenvalue weighted by molar-refractivity contribution is -0.126. The van der Waals surface area contributed by atoms with Crippen molar-refractivity contribution in [1.29, 1.82) is 0 Å². The highest BCUT2D eigenvalue weighted by Crippen LogP contribution is 2.31. The number of hydrogen-bond acceptors (Lipinski definition) is 6. The molecule has 21 heavy (non-hydrogen) atoms. The van der Waals surface area contributed by atoms with Gasteiger partial charge in [0.25, 0.3) is 0 Å². The summed E-state index contributed by atoms with van der Waals surface area (Å²) in [7, 11) is 3.41. The number of aromatic nitrogens is 4. The molecular formula is C13H15N5O2S. The van der Waals surface area contributed by atoms with Gasteiger partial charge in [-0.05, 0) is 29.0 Å². The molecular weight excluding hydrogens is 290 g/mol. The molecule has 0 N–H and O–H groups in total. The van der Waals surface area contributed by atoms with E-state index in [4.69, 9.17) is 4.74 Å². The number of tetrazole rings is 1. The lowest BCUT2D eigenvalue weighted by Gasteiger charge is -2.11. The van der Waals surface area contributed by atoms with Crippen LogP contribution in [-0.2, 0) is 4.79 Å². The minimum Gasteiger partial charge on any atom is -0.494 e. The van der Waals surface area contributed by atoms with Crippen molar-refractivity contribution in [3.05, 3.63) is 24.3 Å². The van der Waals surface area contributed by atoms with Gasteiger partial charge in [0.2, 0.25) is 11.1 Å². The number of likely N-dealkylation sites (tertiary alicyclic amines) is 1. The van der Waals surface area contributed by atoms with Gasteiger partial charge in [-0.25, -0.2) is 0 Å². The monoisotopic (exact) mass is 305 g/mol. The second-order valence-electron chi connectivity index (χ2n) is 4.70. The molecule has 0 spiro atoms. The number of methoxy groups -OCH3 is 1. The van der Waals surface area contributed by atoms with E-state index in [9.17, 15) is 4.79 Å². The Bertz CT molecular complexity index is 660. The van der Waals surface area contributed by atoms with E-state index in [-0.39, 0.29) is 11.2 Å². The Hall–Kier alpha value is -2.09. The van der Waals surface area contributed by atoms with Crippen LogP contribution in [0.15, 0.2) is 29.4 Å². The van der Waals surface area contributed by atoms with Gasteiger partial charge in [0.05, 0.1) is 12.4 Å². The van der Waals surface area contributed by atoms with Crippen molar-refractivity contribution in [3.63, 3.8) is 0 Å². The summed E-state index contributed by atoms with van der Waals surface area (Å²) in [5, 5.41) is 12.2. The molecule has 110 valence electrons. The number of benzene rings is 1. The molecule has 1 unspecified atom stereocenters. The lowest BCUT2D eigenvalue weighted by Crippen LogP contribution is -2.24. The zero-order chi connectivity index (χ0) is 14.8. The zero-order valence-electron chi connectivity index (χ0n) is 11.8. The third-order valence-electron chi connectivity index (χ3n) is 3.38. The fraction of sp³-hybridized carbons (Fsp3) is 0.385. The summed E-state index contributed by atoms with van der Waals surface area (Å²) in [6.07, 6.45) is 0.804. The summed E-state index contributed by atoms with van der Waals surface area (Å²) < 4.78 is 6.94. The average Bonchev–Trinajstić information content (AvgIpc) is 3.09. The first-order chi connectivity index (χ1) is 10.2. The SMILES string of the molecule is COc1ccccc1-n1nnnc1SC1CCN(C)C1=O. The first-order valence-electron chi connectivity index (χ1n) is 6.54. The number of rotatable bonds is 4. The Morgan fingerprint density at radius 3 is 2.90 bits per heavy atom. The van der Waals surface area contributed by atoms with Gasteiger partial charge in [0.1, 0.15) is 11.4 Å². The Kier molecular flexibility index (Phi) is 3.78. The van der Waals surface area contributed by atoms with E-state index in [1.807, 2.05) is 31.3 Å². The van der Waals surface area contributed by atoms with Crippen LogP contribution in [0.4, 0.5) is 0 Å². The molecule has 1 saturated heterocycles. The summed E-state index contributed by atoms with van der Waals surface area (Å²) in [6.45, 7) is 0.771. The molecule has 1 aliphatic rings. The number of carbonyl (C=O) groups is 1. The number of ether oxygens (including phenoxy) is 1. The summed E-state index contributed by atoms with van der Waals surface area (Å²) in [4.78, 5) is 13.7. The molecule has 0 radical (unpaired) electrons. The number of amides is 1. The standard InChI is InChI=1S/C13H15N5O2S/c1-17-8-7-11(12(17)19)21-13-14-15-16-18(13)9-5-3-4-6-10(9)20-2/h3-6,11H,7-8H2,1-2H3. The van der Waals surface area contributed by atoms with Crippen molar-refractivity contribution in [3.8, 4) is 11.4 Å². The van der Waals surface area contributed by atoms with E-state index in [1.165, 1.54) is 11.8 Å². The molecule has 0 bridgehead atoms. The van der Waals surface area contributed by atoms with Crippen molar-refractivity contribution in [1.82, 2.24) is 25.1 Å². The molecule has 1 aromatic carbocycles. The van der Waals surface area contributed by atoms with Gasteiger partial charge in [-0.15, -0.1) is 5.10 Å². The number of para-hydroxylation sites is 2. The lowest BCUT2D eigenvalue weighted by atomic mass is 10.3. The predicted octanol–water partition coefficient (Wildman–Crippen LogP) is 0.994. The quantitative estimate of drug-likeness (QED) is 0.839. The Balaban J connectivity index is 1.89. The highest BCUT2D eigenvalue weighted by atomic mass is 32.2. The Morgan fingerprint density at radius 1 is 1.38 bits per heavy atom. The summed E-state index contributed by atoms with van der Waals surface area (Å²) in [6, 6.07) is 7.50. The molecule has 1 aromatic heterocycles. The van der Waals surface area contributed by atoms with Crippen molar-refractivity contribution in [2.75, 3.05) is 20.7 Å². The number of nitrogens with zero attached hydrogens (tertiary/aromatic N) is 5. The molecule has 2 aromatic rings. The molecule has 8 heteroatoms. The fourth-order valence-corrected chi connectivity index (χ4v) is 3.31. The molecule has 1 fully saturated rings. The van der Waals surface area contributed by atoms with Gasteiger partial charge in [0, 0.05) is 13.6 Å². The Morgan fingerprint density at radius 2 is 2.19 bits per heavy atom. The van der Waals surface area contributed by atoms with Gasteiger partial charge in [-0.2, -0.15) is 4.68 Å². The second-order valence-corrected chi connectivity index (χ2v) is 5.87. The number of hydrogen-bond donors (Lipinski definition) is 0. The van der Waals surface area contributed by atoms with Crippen LogP contribution < -0.4 is 4.74 Å². The van der Waals surface area contributed by atoms with Gasteiger partial charge in [0.15, 0.2) is 0 Å². The summed E-state index contributed by atoms with van der Waals surface area (Å²) in [5.74, 6) is 0.802. The van der Waals surface area contributed by atoms with Crippen molar-refractivity contribution < 1.29 is 9.53 Å². The smallest absolute Gasteiger partial charge is 0.235 e. The average molecular weight is 305 g/mol. The van der Waals surface area contributed by atoms with Crippen LogP contribution in [0.2, 0.25) is 0 Å². The molecule has 7 nitrogen and oxygen atoms in total. The zero-order valence-corrected chi connectivity index (χ0v) is 12.6. The molecule has 3 rings (SSSR count). The van der Waals surface area contributed by atoms with E-state index in [2.05, 4.69) is 15.5 Å². The first kappa shape index (κ1) is 13.9. The van der Waals surface area contributed by atoms with Gasteiger partial charge >= 0.3 is 0 Å². The van der Waals surface area contributed by atoms with E-state index in [0.29, 0.717) is 10.9 Å². The second kappa shape index (κ2) is 5.72. The third-order valence-corrected chi connectivity index (χ3v) is 4.57. The van der Waals surface area contributed by atoms with Crippen LogP contribution in [0.1, 0.15) is 6.42 Å². The summed E-state index contributed by atoms with van der Waals surface area (Å²) in [5.41, 5.74) is 0.756. The van der Waals surface area contributed by atoms with Crippen LogP contribution in [0, 0.1) is 0 Å². The maximum atomic E-state index is 12.0. The number of carbonyl (C=O) groups excluding carboxylic acids is 1. The fourth-order valence-electron chi connectivity index (χ4n) is 2.24. The maximum Gasteiger partial charge on any atom is 0.235 e. The normalized spacial score (nSPS) is 18.3. The molecule has 1 aliphatic heterocycles. The summed E-state index contributed by atoms with van der Waals surface area (Å²) >= 11 is 1.39. The maximum absolute atomic E-state index is 12.0. The van der Waals surface area contributed by atoms with Gasteiger partial charge < -0.3 is 9.64 Å². The van der Waals surface area contributed by atoms with Crippen LogP contribution in [0.3, 0.4) is 0 Å².